The molecule has 2 rings (SSSR count). The molecular weight excluding hydrogens is 168 g/mol. The van der Waals surface area contributed by atoms with Gasteiger partial charge >= 0.3 is 0 Å². The Bertz CT molecular complexity index is 273. The van der Waals surface area contributed by atoms with Gasteiger partial charge in [-0.15, -0.1) is 0 Å². The lowest BCUT2D eigenvalue weighted by molar-refractivity contribution is 0.466. The first kappa shape index (κ1) is 8.37. The van der Waals surface area contributed by atoms with Crippen molar-refractivity contribution in [1.82, 2.24) is 0 Å². The van der Waals surface area contributed by atoms with Gasteiger partial charge in [0.15, 0.2) is 0 Å². The SMILES string of the molecule is CC1=C2CCC=C(Cl)C2(C)CC1. The molecule has 0 aromatic carbocycles. The van der Waals surface area contributed by atoms with Gasteiger partial charge in [0.25, 0.3) is 0 Å². The number of halogens is 1. The van der Waals surface area contributed by atoms with E-state index < -0.39 is 0 Å². The third-order valence-electron chi connectivity index (χ3n) is 3.43. The Balaban J connectivity index is 2.47. The van der Waals surface area contributed by atoms with Gasteiger partial charge in [-0.2, -0.15) is 0 Å². The zero-order chi connectivity index (χ0) is 8.77. The van der Waals surface area contributed by atoms with Crippen LogP contribution in [0.5, 0.6) is 0 Å². The third kappa shape index (κ3) is 0.974. The van der Waals surface area contributed by atoms with Crippen LogP contribution in [0.25, 0.3) is 0 Å². The summed E-state index contributed by atoms with van der Waals surface area (Å²) in [5.74, 6) is 0. The Labute approximate surface area is 79.3 Å². The standard InChI is InChI=1S/C11H15Cl/c1-8-6-7-11(2)9(8)4-3-5-10(11)12/h5H,3-4,6-7H2,1-2H3. The van der Waals surface area contributed by atoms with Crippen molar-refractivity contribution in [3.05, 3.63) is 22.3 Å². The number of fused-ring (bicyclic) bond motifs is 1. The van der Waals surface area contributed by atoms with Crippen molar-refractivity contribution in [2.45, 2.75) is 39.5 Å². The molecule has 0 spiro atoms. The summed E-state index contributed by atoms with van der Waals surface area (Å²) >= 11 is 6.25. The molecule has 0 aliphatic heterocycles. The summed E-state index contributed by atoms with van der Waals surface area (Å²) in [4.78, 5) is 0. The summed E-state index contributed by atoms with van der Waals surface area (Å²) in [5, 5.41) is 1.08. The van der Waals surface area contributed by atoms with Crippen molar-refractivity contribution < 1.29 is 0 Å². The molecule has 1 unspecified atom stereocenters. The molecule has 0 radical (unpaired) electrons. The molecule has 0 heterocycles. The minimum absolute atomic E-state index is 0.226. The van der Waals surface area contributed by atoms with Crippen LogP contribution in [0.1, 0.15) is 39.5 Å². The first-order valence-electron chi connectivity index (χ1n) is 4.70. The van der Waals surface area contributed by atoms with Gasteiger partial charge in [-0.3, -0.25) is 0 Å². The summed E-state index contributed by atoms with van der Waals surface area (Å²) in [5.41, 5.74) is 3.43. The normalized spacial score (nSPS) is 35.1. The first-order chi connectivity index (χ1) is 5.64. The van der Waals surface area contributed by atoms with Crippen LogP contribution < -0.4 is 0 Å². The van der Waals surface area contributed by atoms with Gasteiger partial charge in [0, 0.05) is 10.4 Å². The highest BCUT2D eigenvalue weighted by Crippen LogP contribution is 2.53. The minimum atomic E-state index is 0.226. The summed E-state index contributed by atoms with van der Waals surface area (Å²) < 4.78 is 0. The van der Waals surface area contributed by atoms with E-state index in [1.165, 1.54) is 19.3 Å². The molecule has 0 N–H and O–H groups in total. The van der Waals surface area contributed by atoms with E-state index in [4.69, 9.17) is 11.6 Å². The molecule has 12 heavy (non-hydrogen) atoms. The summed E-state index contributed by atoms with van der Waals surface area (Å²) in [6.07, 6.45) is 7.04. The van der Waals surface area contributed by atoms with Crippen LogP contribution in [0.2, 0.25) is 0 Å². The lowest BCUT2D eigenvalue weighted by Crippen LogP contribution is -2.19. The predicted molar refractivity (Wildman–Crippen MR) is 53.2 cm³/mol. The third-order valence-corrected chi connectivity index (χ3v) is 4.00. The first-order valence-corrected chi connectivity index (χ1v) is 5.07. The molecule has 2 aliphatic carbocycles. The highest BCUT2D eigenvalue weighted by Gasteiger charge is 2.38. The molecule has 66 valence electrons. The van der Waals surface area contributed by atoms with E-state index >= 15 is 0 Å². The van der Waals surface area contributed by atoms with Gasteiger partial charge in [-0.25, -0.2) is 0 Å². The largest absolute Gasteiger partial charge is 0.0885 e. The topological polar surface area (TPSA) is 0 Å². The van der Waals surface area contributed by atoms with Gasteiger partial charge < -0.3 is 0 Å². The summed E-state index contributed by atoms with van der Waals surface area (Å²) in [7, 11) is 0. The van der Waals surface area contributed by atoms with Crippen molar-refractivity contribution in [1.29, 1.82) is 0 Å². The minimum Gasteiger partial charge on any atom is -0.0885 e. The van der Waals surface area contributed by atoms with Crippen LogP contribution in [0, 0.1) is 5.41 Å². The average molecular weight is 183 g/mol. The Hall–Kier alpha value is -0.230. The quantitative estimate of drug-likeness (QED) is 0.497. The van der Waals surface area contributed by atoms with E-state index in [9.17, 15) is 0 Å². The van der Waals surface area contributed by atoms with Crippen molar-refractivity contribution in [3.63, 3.8) is 0 Å². The zero-order valence-corrected chi connectivity index (χ0v) is 8.54. The predicted octanol–water partition coefficient (Wildman–Crippen LogP) is 4.02. The molecule has 1 heteroatoms. The average Bonchev–Trinajstić information content (AvgIpc) is 2.33. The van der Waals surface area contributed by atoms with Gasteiger partial charge in [0.05, 0.1) is 0 Å². The Morgan fingerprint density at radius 1 is 1.42 bits per heavy atom. The van der Waals surface area contributed by atoms with Crippen LogP contribution in [-0.4, -0.2) is 0 Å². The second kappa shape index (κ2) is 2.63. The molecule has 0 aromatic rings. The maximum absolute atomic E-state index is 6.25. The van der Waals surface area contributed by atoms with Crippen LogP contribution in [-0.2, 0) is 0 Å². The number of hydrogen-bond acceptors (Lipinski definition) is 0. The highest BCUT2D eigenvalue weighted by molar-refractivity contribution is 6.30. The van der Waals surface area contributed by atoms with Gasteiger partial charge in [-0.1, -0.05) is 35.7 Å². The molecule has 0 saturated heterocycles. The maximum atomic E-state index is 6.25. The highest BCUT2D eigenvalue weighted by atomic mass is 35.5. The molecule has 0 nitrogen and oxygen atoms in total. The molecule has 0 saturated carbocycles. The number of allylic oxidation sites excluding steroid dienone is 4. The van der Waals surface area contributed by atoms with E-state index in [0.717, 1.165) is 11.5 Å². The lowest BCUT2D eigenvalue weighted by Gasteiger charge is -2.31. The molecule has 0 bridgehead atoms. The van der Waals surface area contributed by atoms with Crippen LogP contribution in [0.4, 0.5) is 0 Å². The summed E-state index contributed by atoms with van der Waals surface area (Å²) in [6, 6.07) is 0. The van der Waals surface area contributed by atoms with E-state index in [1.54, 1.807) is 11.1 Å². The fourth-order valence-electron chi connectivity index (χ4n) is 2.53. The summed E-state index contributed by atoms with van der Waals surface area (Å²) in [6.45, 7) is 4.55. The van der Waals surface area contributed by atoms with E-state index in [2.05, 4.69) is 19.9 Å². The molecule has 0 amide bonds. The Kier molecular flexibility index (Phi) is 1.84. The fraction of sp³-hybridized carbons (Fsp3) is 0.636. The van der Waals surface area contributed by atoms with E-state index in [-0.39, 0.29) is 5.41 Å². The Morgan fingerprint density at radius 2 is 2.17 bits per heavy atom. The fourth-order valence-corrected chi connectivity index (χ4v) is 2.85. The van der Waals surface area contributed by atoms with Crippen molar-refractivity contribution in [2.75, 3.05) is 0 Å². The second-order valence-corrected chi connectivity index (χ2v) is 4.59. The molecular formula is C11H15Cl. The second-order valence-electron chi connectivity index (χ2n) is 4.18. The molecule has 0 fully saturated rings. The molecule has 1 atom stereocenters. The van der Waals surface area contributed by atoms with Crippen LogP contribution >= 0.6 is 11.6 Å². The molecule has 0 aromatic heterocycles. The van der Waals surface area contributed by atoms with Gasteiger partial charge in [0.1, 0.15) is 0 Å². The van der Waals surface area contributed by atoms with Crippen LogP contribution in [0.3, 0.4) is 0 Å². The van der Waals surface area contributed by atoms with Crippen molar-refractivity contribution in [2.24, 2.45) is 5.41 Å². The zero-order valence-electron chi connectivity index (χ0n) is 7.78. The number of hydrogen-bond donors (Lipinski definition) is 0. The van der Waals surface area contributed by atoms with Gasteiger partial charge in [0.2, 0.25) is 0 Å². The van der Waals surface area contributed by atoms with Crippen LogP contribution in [0.15, 0.2) is 22.3 Å². The Morgan fingerprint density at radius 3 is 2.83 bits per heavy atom. The maximum Gasteiger partial charge on any atom is 0.0243 e. The van der Waals surface area contributed by atoms with Crippen molar-refractivity contribution >= 4 is 11.6 Å². The van der Waals surface area contributed by atoms with E-state index in [0.29, 0.717) is 0 Å². The smallest absolute Gasteiger partial charge is 0.0243 e. The van der Waals surface area contributed by atoms with Crippen molar-refractivity contribution in [3.8, 4) is 0 Å². The number of rotatable bonds is 0. The molecule has 2 aliphatic rings. The monoisotopic (exact) mass is 182 g/mol. The lowest BCUT2D eigenvalue weighted by atomic mass is 9.77. The van der Waals surface area contributed by atoms with Gasteiger partial charge in [-0.05, 0) is 32.6 Å². The van der Waals surface area contributed by atoms with E-state index in [1.807, 2.05) is 0 Å².